The van der Waals surface area contributed by atoms with E-state index in [1.165, 1.54) is 6.20 Å². The largest absolute Gasteiger partial charge is 0.506 e. The van der Waals surface area contributed by atoms with Crippen LogP contribution in [0.25, 0.3) is 0 Å². The average molecular weight is 256 g/mol. The highest BCUT2D eigenvalue weighted by atomic mass is 16.5. The monoisotopic (exact) mass is 256 g/mol. The molecule has 0 aliphatic heterocycles. The molecule has 0 aromatic carbocycles. The van der Waals surface area contributed by atoms with Gasteiger partial charge in [-0.15, -0.1) is 0 Å². The van der Waals surface area contributed by atoms with Crippen LogP contribution in [0.3, 0.4) is 0 Å². The maximum atomic E-state index is 9.47. The third kappa shape index (κ3) is 2.52. The van der Waals surface area contributed by atoms with Gasteiger partial charge in [0.1, 0.15) is 11.5 Å². The van der Waals surface area contributed by atoms with Crippen LogP contribution in [0.15, 0.2) is 43.0 Å². The fraction of sp³-hybridized carbons (Fsp3) is 0.333. The molecular weight excluding hydrogens is 240 g/mol. The molecule has 0 saturated heterocycles. The van der Waals surface area contributed by atoms with E-state index < -0.39 is 0 Å². The molecule has 1 fully saturated rings. The summed E-state index contributed by atoms with van der Waals surface area (Å²) in [6.07, 6.45) is 6.73. The summed E-state index contributed by atoms with van der Waals surface area (Å²) in [7, 11) is 0. The van der Waals surface area contributed by atoms with Gasteiger partial charge in [-0.05, 0) is 35.6 Å². The second-order valence-electron chi connectivity index (χ2n) is 5.02. The van der Waals surface area contributed by atoms with Crippen LogP contribution in [-0.2, 0) is 0 Å². The smallest absolute Gasteiger partial charge is 0.137 e. The summed E-state index contributed by atoms with van der Waals surface area (Å²) >= 11 is 0. The lowest BCUT2D eigenvalue weighted by molar-refractivity contribution is 0.290. The highest BCUT2D eigenvalue weighted by Crippen LogP contribution is 2.53. The highest BCUT2D eigenvalue weighted by Gasteiger charge is 2.48. The minimum atomic E-state index is 0.225. The van der Waals surface area contributed by atoms with Crippen LogP contribution < -0.4 is 4.74 Å². The van der Waals surface area contributed by atoms with Crippen LogP contribution in [0.5, 0.6) is 11.5 Å². The third-order valence-electron chi connectivity index (χ3n) is 3.77. The SMILES string of the molecule is CC1C(COc2cccnc2)C1c1cncc(O)c1. The van der Waals surface area contributed by atoms with Crippen LogP contribution in [0, 0.1) is 11.8 Å². The molecule has 4 nitrogen and oxygen atoms in total. The van der Waals surface area contributed by atoms with Gasteiger partial charge in [-0.1, -0.05) is 6.92 Å². The lowest BCUT2D eigenvalue weighted by Gasteiger charge is -2.05. The molecule has 0 radical (unpaired) electrons. The van der Waals surface area contributed by atoms with Gasteiger partial charge in [0, 0.05) is 18.3 Å². The van der Waals surface area contributed by atoms with Crippen molar-refractivity contribution in [2.45, 2.75) is 12.8 Å². The molecule has 3 atom stereocenters. The highest BCUT2D eigenvalue weighted by molar-refractivity contribution is 5.31. The van der Waals surface area contributed by atoms with Crippen molar-refractivity contribution in [3.8, 4) is 11.5 Å². The Kier molecular flexibility index (Phi) is 3.07. The van der Waals surface area contributed by atoms with Gasteiger partial charge >= 0.3 is 0 Å². The van der Waals surface area contributed by atoms with Gasteiger partial charge in [-0.3, -0.25) is 9.97 Å². The molecule has 0 bridgehead atoms. The zero-order valence-electron chi connectivity index (χ0n) is 10.7. The average Bonchev–Trinajstić information content (AvgIpc) is 3.08. The Morgan fingerprint density at radius 3 is 2.89 bits per heavy atom. The number of rotatable bonds is 4. The van der Waals surface area contributed by atoms with Crippen molar-refractivity contribution in [3.63, 3.8) is 0 Å². The predicted octanol–water partition coefficient (Wildman–Crippen LogP) is 2.61. The quantitative estimate of drug-likeness (QED) is 0.913. The fourth-order valence-electron chi connectivity index (χ4n) is 2.60. The Hall–Kier alpha value is -2.10. The van der Waals surface area contributed by atoms with Gasteiger partial charge in [0.2, 0.25) is 0 Å². The van der Waals surface area contributed by atoms with E-state index >= 15 is 0 Å². The van der Waals surface area contributed by atoms with E-state index in [0.29, 0.717) is 24.4 Å². The van der Waals surface area contributed by atoms with Crippen molar-refractivity contribution in [1.82, 2.24) is 9.97 Å². The lowest BCUT2D eigenvalue weighted by Crippen LogP contribution is -2.01. The Balaban J connectivity index is 1.62. The molecule has 3 unspecified atom stereocenters. The molecule has 1 aliphatic carbocycles. The number of nitrogens with zero attached hydrogens (tertiary/aromatic N) is 2. The molecule has 19 heavy (non-hydrogen) atoms. The van der Waals surface area contributed by atoms with Gasteiger partial charge in [0.05, 0.1) is 19.0 Å². The molecule has 2 aromatic heterocycles. The summed E-state index contributed by atoms with van der Waals surface area (Å²) in [5.41, 5.74) is 1.09. The molecule has 0 spiro atoms. The summed E-state index contributed by atoms with van der Waals surface area (Å²) in [6.45, 7) is 2.87. The van der Waals surface area contributed by atoms with E-state index in [0.717, 1.165) is 11.3 Å². The molecule has 4 heteroatoms. The molecule has 1 N–H and O–H groups in total. The third-order valence-corrected chi connectivity index (χ3v) is 3.77. The van der Waals surface area contributed by atoms with E-state index in [2.05, 4.69) is 16.9 Å². The van der Waals surface area contributed by atoms with E-state index in [9.17, 15) is 5.11 Å². The second-order valence-corrected chi connectivity index (χ2v) is 5.02. The standard InChI is InChI=1S/C15H16N2O2/c1-10-14(9-19-13-3-2-4-16-8-13)15(10)11-5-12(18)7-17-6-11/h2-8,10,14-15,18H,9H2,1H3. The minimum Gasteiger partial charge on any atom is -0.506 e. The number of pyridine rings is 2. The topological polar surface area (TPSA) is 55.2 Å². The second kappa shape index (κ2) is 4.88. The van der Waals surface area contributed by atoms with Crippen molar-refractivity contribution in [3.05, 3.63) is 48.5 Å². The molecular formula is C15H16N2O2. The zero-order chi connectivity index (χ0) is 13.2. The molecule has 1 aliphatic rings. The van der Waals surface area contributed by atoms with Crippen molar-refractivity contribution in [1.29, 1.82) is 0 Å². The van der Waals surface area contributed by atoms with Crippen molar-refractivity contribution in [2.75, 3.05) is 6.61 Å². The summed E-state index contributed by atoms with van der Waals surface area (Å²) in [5, 5.41) is 9.47. The number of hydrogen-bond donors (Lipinski definition) is 1. The van der Waals surface area contributed by atoms with Crippen molar-refractivity contribution in [2.24, 2.45) is 11.8 Å². The molecule has 2 heterocycles. The number of aromatic nitrogens is 2. The number of ether oxygens (including phenoxy) is 1. The summed E-state index contributed by atoms with van der Waals surface area (Å²) in [5.74, 6) is 2.48. The van der Waals surface area contributed by atoms with E-state index in [4.69, 9.17) is 4.74 Å². The fourth-order valence-corrected chi connectivity index (χ4v) is 2.60. The number of aromatic hydroxyl groups is 1. The van der Waals surface area contributed by atoms with Crippen molar-refractivity contribution < 1.29 is 9.84 Å². The molecule has 1 saturated carbocycles. The minimum absolute atomic E-state index is 0.225. The summed E-state index contributed by atoms with van der Waals surface area (Å²) in [4.78, 5) is 8.05. The first-order chi connectivity index (χ1) is 9.25. The molecule has 98 valence electrons. The van der Waals surface area contributed by atoms with Crippen LogP contribution in [0.1, 0.15) is 18.4 Å². The zero-order valence-corrected chi connectivity index (χ0v) is 10.7. The summed E-state index contributed by atoms with van der Waals surface area (Å²) < 4.78 is 5.74. The van der Waals surface area contributed by atoms with E-state index in [1.54, 1.807) is 18.5 Å². The Morgan fingerprint density at radius 1 is 1.26 bits per heavy atom. The Labute approximate surface area is 112 Å². The maximum Gasteiger partial charge on any atom is 0.137 e. The van der Waals surface area contributed by atoms with Gasteiger partial charge in [-0.25, -0.2) is 0 Å². The van der Waals surface area contributed by atoms with Crippen LogP contribution >= 0.6 is 0 Å². The first kappa shape index (κ1) is 12.0. The molecule has 2 aromatic rings. The van der Waals surface area contributed by atoms with Crippen LogP contribution in [0.2, 0.25) is 0 Å². The van der Waals surface area contributed by atoms with Crippen LogP contribution in [0.4, 0.5) is 0 Å². The lowest BCUT2D eigenvalue weighted by atomic mass is 10.1. The Morgan fingerprint density at radius 2 is 2.16 bits per heavy atom. The normalized spacial score (nSPS) is 25.0. The van der Waals surface area contributed by atoms with Crippen molar-refractivity contribution >= 4 is 0 Å². The van der Waals surface area contributed by atoms with Gasteiger partial charge in [-0.2, -0.15) is 0 Å². The predicted molar refractivity (Wildman–Crippen MR) is 71.0 cm³/mol. The van der Waals surface area contributed by atoms with Crippen LogP contribution in [-0.4, -0.2) is 21.7 Å². The maximum absolute atomic E-state index is 9.47. The van der Waals surface area contributed by atoms with E-state index in [1.807, 2.05) is 18.3 Å². The Bertz CT molecular complexity index is 559. The van der Waals surface area contributed by atoms with Gasteiger partial charge < -0.3 is 9.84 Å². The van der Waals surface area contributed by atoms with Gasteiger partial charge in [0.25, 0.3) is 0 Å². The first-order valence-corrected chi connectivity index (χ1v) is 6.42. The molecule has 0 amide bonds. The van der Waals surface area contributed by atoms with Gasteiger partial charge in [0.15, 0.2) is 0 Å². The number of hydrogen-bond acceptors (Lipinski definition) is 4. The molecule has 3 rings (SSSR count). The van der Waals surface area contributed by atoms with E-state index in [-0.39, 0.29) is 5.75 Å². The summed E-state index contributed by atoms with van der Waals surface area (Å²) in [6, 6.07) is 5.56. The first-order valence-electron chi connectivity index (χ1n) is 6.42.